The number of ketones is 1. The lowest BCUT2D eigenvalue weighted by atomic mass is 9.84. The summed E-state index contributed by atoms with van der Waals surface area (Å²) in [4.78, 5) is 15.7. The molecule has 1 heterocycles. The smallest absolute Gasteiger partial charge is 0.196 e. The molecule has 4 heteroatoms. The molecular weight excluding hydrogens is 374 g/mol. The maximum absolute atomic E-state index is 13.5. The van der Waals surface area contributed by atoms with Crippen LogP contribution in [0.5, 0.6) is 5.75 Å². The van der Waals surface area contributed by atoms with Gasteiger partial charge in [-0.25, -0.2) is 0 Å². The second-order valence-corrected chi connectivity index (χ2v) is 7.98. The van der Waals surface area contributed by atoms with E-state index >= 15 is 0 Å². The van der Waals surface area contributed by atoms with E-state index in [1.165, 1.54) is 0 Å². The fraction of sp³-hybridized carbons (Fsp3) is 0.269. The van der Waals surface area contributed by atoms with E-state index in [4.69, 9.17) is 9.47 Å². The lowest BCUT2D eigenvalue weighted by molar-refractivity contribution is -0.0580. The average Bonchev–Trinajstić information content (AvgIpc) is 2.78. The second kappa shape index (κ2) is 8.42. The zero-order valence-corrected chi connectivity index (χ0v) is 17.8. The first kappa shape index (κ1) is 20.3. The predicted molar refractivity (Wildman–Crippen MR) is 118 cm³/mol. The molecule has 0 spiro atoms. The van der Waals surface area contributed by atoms with Crippen LogP contribution >= 0.6 is 0 Å². The highest BCUT2D eigenvalue weighted by atomic mass is 16.5. The third-order valence-electron chi connectivity index (χ3n) is 5.72. The van der Waals surface area contributed by atoms with Crippen LogP contribution in [0, 0.1) is 6.92 Å². The van der Waals surface area contributed by atoms with Crippen LogP contribution in [0.1, 0.15) is 50.9 Å². The van der Waals surface area contributed by atoms with Crippen molar-refractivity contribution in [1.29, 1.82) is 0 Å². The Morgan fingerprint density at radius 3 is 2.27 bits per heavy atom. The van der Waals surface area contributed by atoms with Gasteiger partial charge in [0.2, 0.25) is 0 Å². The molecule has 3 aromatic rings. The van der Waals surface area contributed by atoms with E-state index in [1.807, 2.05) is 81.7 Å². The second-order valence-electron chi connectivity index (χ2n) is 7.98. The van der Waals surface area contributed by atoms with Crippen molar-refractivity contribution in [3.63, 3.8) is 0 Å². The fourth-order valence-corrected chi connectivity index (χ4v) is 4.16. The van der Waals surface area contributed by atoms with Gasteiger partial charge in [-0.05, 0) is 49.8 Å². The maximum Gasteiger partial charge on any atom is 0.196 e. The standard InChI is InChI=1S/C26H27NO3/c1-17-10-12-18(13-11-17)24(28)26-21-15-14-20(29-4)16-22(21)23(27(2)3)25(30-26)19-8-6-5-7-9-19/h5-16,23,25-26H,1-4H3/t23-,25+,26-/m0/s1. The van der Waals surface area contributed by atoms with Gasteiger partial charge in [0.15, 0.2) is 5.78 Å². The molecule has 0 amide bonds. The molecule has 0 radical (unpaired) electrons. The molecule has 3 atom stereocenters. The number of hydrogen-bond donors (Lipinski definition) is 0. The highest BCUT2D eigenvalue weighted by Crippen LogP contribution is 2.48. The Morgan fingerprint density at radius 2 is 1.63 bits per heavy atom. The van der Waals surface area contributed by atoms with E-state index in [0.29, 0.717) is 5.56 Å². The minimum atomic E-state index is -0.671. The summed E-state index contributed by atoms with van der Waals surface area (Å²) in [7, 11) is 5.74. The zero-order chi connectivity index (χ0) is 21.3. The molecule has 3 aromatic carbocycles. The number of benzene rings is 3. The first-order valence-corrected chi connectivity index (χ1v) is 10.1. The van der Waals surface area contributed by atoms with E-state index in [9.17, 15) is 4.79 Å². The van der Waals surface area contributed by atoms with Crippen LogP contribution in [0.2, 0.25) is 0 Å². The Kier molecular flexibility index (Phi) is 5.71. The van der Waals surface area contributed by atoms with Gasteiger partial charge >= 0.3 is 0 Å². The van der Waals surface area contributed by atoms with Crippen molar-refractivity contribution in [3.05, 3.63) is 101 Å². The number of hydrogen-bond acceptors (Lipinski definition) is 4. The van der Waals surface area contributed by atoms with E-state index in [1.54, 1.807) is 7.11 Å². The summed E-state index contributed by atoms with van der Waals surface area (Å²) in [6.07, 6.45) is -0.949. The number of likely N-dealkylation sites (N-methyl/N-ethyl adjacent to an activating group) is 1. The molecule has 0 saturated carbocycles. The number of ether oxygens (including phenoxy) is 2. The van der Waals surface area contributed by atoms with Gasteiger partial charge in [0.25, 0.3) is 0 Å². The normalized spacial score (nSPS) is 20.6. The zero-order valence-electron chi connectivity index (χ0n) is 17.8. The van der Waals surface area contributed by atoms with E-state index in [-0.39, 0.29) is 17.9 Å². The van der Waals surface area contributed by atoms with Crippen LogP contribution in [-0.4, -0.2) is 31.9 Å². The Hall–Kier alpha value is -2.95. The summed E-state index contributed by atoms with van der Waals surface area (Å²) in [6, 6.07) is 23.6. The Morgan fingerprint density at radius 1 is 0.933 bits per heavy atom. The molecule has 0 aliphatic carbocycles. The van der Waals surface area contributed by atoms with Gasteiger partial charge < -0.3 is 9.47 Å². The molecule has 0 fully saturated rings. The van der Waals surface area contributed by atoms with Crippen molar-refractivity contribution in [1.82, 2.24) is 4.90 Å². The molecule has 154 valence electrons. The van der Waals surface area contributed by atoms with Crippen molar-refractivity contribution in [2.45, 2.75) is 25.2 Å². The van der Waals surface area contributed by atoms with Crippen LogP contribution < -0.4 is 4.74 Å². The number of fused-ring (bicyclic) bond motifs is 1. The van der Waals surface area contributed by atoms with Gasteiger partial charge in [-0.3, -0.25) is 9.69 Å². The third kappa shape index (κ3) is 3.76. The molecular formula is C26H27NO3. The maximum atomic E-state index is 13.5. The third-order valence-corrected chi connectivity index (χ3v) is 5.72. The van der Waals surface area contributed by atoms with Crippen LogP contribution in [0.4, 0.5) is 0 Å². The first-order valence-electron chi connectivity index (χ1n) is 10.1. The van der Waals surface area contributed by atoms with E-state index < -0.39 is 6.10 Å². The Labute approximate surface area is 178 Å². The number of carbonyl (C=O) groups excluding carboxylic acids is 1. The molecule has 0 bridgehead atoms. The molecule has 4 nitrogen and oxygen atoms in total. The Bertz CT molecular complexity index is 1030. The van der Waals surface area contributed by atoms with Crippen molar-refractivity contribution >= 4 is 5.78 Å². The summed E-state index contributed by atoms with van der Waals surface area (Å²) in [5.41, 5.74) is 4.78. The SMILES string of the molecule is COc1ccc2c(c1)[C@H](N(C)C)[C@@H](c1ccccc1)O[C@@H]2C(=O)c1ccc(C)cc1. The molecule has 1 aliphatic rings. The topological polar surface area (TPSA) is 38.8 Å². The number of nitrogens with zero attached hydrogens (tertiary/aromatic N) is 1. The summed E-state index contributed by atoms with van der Waals surface area (Å²) >= 11 is 0. The quantitative estimate of drug-likeness (QED) is 0.544. The number of carbonyl (C=O) groups is 1. The number of aryl methyl sites for hydroxylation is 1. The van der Waals surface area contributed by atoms with Gasteiger partial charge in [0.05, 0.1) is 13.2 Å². The lowest BCUT2D eigenvalue weighted by Gasteiger charge is -2.41. The fourth-order valence-electron chi connectivity index (χ4n) is 4.16. The average molecular weight is 402 g/mol. The largest absolute Gasteiger partial charge is 0.497 e. The molecule has 4 rings (SSSR count). The monoisotopic (exact) mass is 401 g/mol. The van der Waals surface area contributed by atoms with E-state index in [0.717, 1.165) is 28.0 Å². The highest BCUT2D eigenvalue weighted by Gasteiger charge is 2.41. The first-order chi connectivity index (χ1) is 14.5. The van der Waals surface area contributed by atoms with Gasteiger partial charge in [0.1, 0.15) is 18.0 Å². The van der Waals surface area contributed by atoms with Gasteiger partial charge in [-0.1, -0.05) is 66.2 Å². The summed E-state index contributed by atoms with van der Waals surface area (Å²) in [5.74, 6) is 0.746. The van der Waals surface area contributed by atoms with Crippen molar-refractivity contribution in [2.75, 3.05) is 21.2 Å². The highest BCUT2D eigenvalue weighted by molar-refractivity contribution is 6.00. The van der Waals surface area contributed by atoms with E-state index in [2.05, 4.69) is 17.0 Å². The number of methoxy groups -OCH3 is 1. The summed E-state index contributed by atoms with van der Waals surface area (Å²) in [5, 5.41) is 0. The van der Waals surface area contributed by atoms with Crippen LogP contribution in [0.15, 0.2) is 72.8 Å². The van der Waals surface area contributed by atoms with Gasteiger partial charge in [0, 0.05) is 5.56 Å². The Balaban J connectivity index is 1.85. The summed E-state index contributed by atoms with van der Waals surface area (Å²) < 4.78 is 12.1. The van der Waals surface area contributed by atoms with Crippen LogP contribution in [0.3, 0.4) is 0 Å². The number of rotatable bonds is 5. The van der Waals surface area contributed by atoms with Gasteiger partial charge in [-0.15, -0.1) is 0 Å². The van der Waals surface area contributed by atoms with Crippen LogP contribution in [-0.2, 0) is 4.74 Å². The molecule has 30 heavy (non-hydrogen) atoms. The summed E-state index contributed by atoms with van der Waals surface area (Å²) in [6.45, 7) is 2.01. The predicted octanol–water partition coefficient (Wildman–Crippen LogP) is 5.30. The van der Waals surface area contributed by atoms with Gasteiger partial charge in [-0.2, -0.15) is 0 Å². The van der Waals surface area contributed by atoms with Crippen LogP contribution in [0.25, 0.3) is 0 Å². The van der Waals surface area contributed by atoms with Crippen molar-refractivity contribution < 1.29 is 14.3 Å². The lowest BCUT2D eigenvalue weighted by Crippen LogP contribution is -2.36. The van der Waals surface area contributed by atoms with Crippen molar-refractivity contribution in [2.24, 2.45) is 0 Å². The molecule has 0 unspecified atom stereocenters. The molecule has 0 aromatic heterocycles. The minimum Gasteiger partial charge on any atom is -0.497 e. The molecule has 1 aliphatic heterocycles. The van der Waals surface area contributed by atoms with Crippen molar-refractivity contribution in [3.8, 4) is 5.75 Å². The minimum absolute atomic E-state index is 0.0282. The molecule has 0 N–H and O–H groups in total. The number of Topliss-reactive ketones (excluding diaryl/α,β-unsaturated/α-hetero) is 1. The molecule has 0 saturated heterocycles.